The number of amides is 2. The van der Waals surface area contributed by atoms with Crippen LogP contribution in [-0.2, 0) is 26.2 Å². The summed E-state index contributed by atoms with van der Waals surface area (Å²) in [5, 5.41) is 3.51. The fraction of sp³-hybridized carbons (Fsp3) is 0.355. The first kappa shape index (κ1) is 30.4. The van der Waals surface area contributed by atoms with E-state index in [1.807, 2.05) is 31.2 Å². The molecular weight excluding hydrogens is 562 g/mol. The van der Waals surface area contributed by atoms with Gasteiger partial charge < -0.3 is 15.0 Å². The molecule has 41 heavy (non-hydrogen) atoms. The third-order valence-electron chi connectivity index (χ3n) is 7.38. The van der Waals surface area contributed by atoms with Crippen LogP contribution in [0.25, 0.3) is 0 Å². The molecule has 1 fully saturated rings. The van der Waals surface area contributed by atoms with E-state index in [9.17, 15) is 18.0 Å². The highest BCUT2D eigenvalue weighted by atomic mass is 35.5. The van der Waals surface area contributed by atoms with E-state index in [4.69, 9.17) is 16.3 Å². The van der Waals surface area contributed by atoms with E-state index in [1.165, 1.54) is 24.1 Å². The van der Waals surface area contributed by atoms with Crippen molar-refractivity contribution in [3.8, 4) is 5.75 Å². The number of carbonyl (C=O) groups excluding carboxylic acids is 2. The Kier molecular flexibility index (Phi) is 9.94. The van der Waals surface area contributed by atoms with Gasteiger partial charge in [-0.1, -0.05) is 54.3 Å². The summed E-state index contributed by atoms with van der Waals surface area (Å²) in [7, 11) is -2.68. The number of nitrogens with zero attached hydrogens (tertiary/aromatic N) is 2. The zero-order chi connectivity index (χ0) is 29.6. The SMILES string of the molecule is COc1ccc(S(=O)(=O)N(CC(=O)N(Cc2ccc(C)cc2)[C@H](C)C(=O)NC2CCCC2)c2ccc(Cl)cc2)cc1. The molecule has 1 saturated carbocycles. The van der Waals surface area contributed by atoms with Gasteiger partial charge in [0.25, 0.3) is 10.0 Å². The number of halogens is 1. The van der Waals surface area contributed by atoms with E-state index in [0.29, 0.717) is 10.8 Å². The van der Waals surface area contributed by atoms with Crippen molar-refractivity contribution in [2.45, 2.75) is 63.1 Å². The fourth-order valence-electron chi connectivity index (χ4n) is 4.88. The molecule has 0 unspecified atom stereocenters. The van der Waals surface area contributed by atoms with Gasteiger partial charge in [-0.2, -0.15) is 0 Å². The minimum atomic E-state index is -4.18. The van der Waals surface area contributed by atoms with Gasteiger partial charge in [0.1, 0.15) is 18.3 Å². The van der Waals surface area contributed by atoms with Gasteiger partial charge in [0.2, 0.25) is 11.8 Å². The summed E-state index contributed by atoms with van der Waals surface area (Å²) in [4.78, 5) is 28.8. The summed E-state index contributed by atoms with van der Waals surface area (Å²) < 4.78 is 34.0. The largest absolute Gasteiger partial charge is 0.497 e. The Morgan fingerprint density at radius 3 is 2.17 bits per heavy atom. The average Bonchev–Trinajstić information content (AvgIpc) is 3.48. The molecule has 2 amide bonds. The lowest BCUT2D eigenvalue weighted by Gasteiger charge is -2.32. The van der Waals surface area contributed by atoms with Crippen molar-refractivity contribution in [2.24, 2.45) is 0 Å². The monoisotopic (exact) mass is 597 g/mol. The Morgan fingerprint density at radius 1 is 0.976 bits per heavy atom. The number of rotatable bonds is 11. The normalized spacial score (nSPS) is 14.3. The molecule has 1 N–H and O–H groups in total. The Balaban J connectivity index is 1.67. The van der Waals surface area contributed by atoms with Gasteiger partial charge in [-0.3, -0.25) is 13.9 Å². The lowest BCUT2D eigenvalue weighted by atomic mass is 10.1. The molecule has 0 spiro atoms. The molecule has 1 aliphatic rings. The molecule has 1 atom stereocenters. The summed E-state index contributed by atoms with van der Waals surface area (Å²) in [6, 6.07) is 19.2. The number of sulfonamides is 1. The molecule has 0 bridgehead atoms. The van der Waals surface area contributed by atoms with Gasteiger partial charge in [0.15, 0.2) is 0 Å². The quantitative estimate of drug-likeness (QED) is 0.322. The number of methoxy groups -OCH3 is 1. The number of ether oxygens (including phenoxy) is 1. The first-order valence-corrected chi connectivity index (χ1v) is 15.5. The summed E-state index contributed by atoms with van der Waals surface area (Å²) in [5.74, 6) is -0.260. The maximum atomic E-state index is 14.0. The Bertz CT molecular complexity index is 1440. The highest BCUT2D eigenvalue weighted by Gasteiger charge is 2.33. The van der Waals surface area contributed by atoms with Crippen LogP contribution in [0.1, 0.15) is 43.7 Å². The fourth-order valence-corrected chi connectivity index (χ4v) is 6.42. The molecule has 0 aliphatic heterocycles. The molecule has 0 heterocycles. The van der Waals surface area contributed by atoms with Gasteiger partial charge in [-0.05, 0) is 80.8 Å². The molecule has 3 aromatic rings. The second-order valence-electron chi connectivity index (χ2n) is 10.3. The highest BCUT2D eigenvalue weighted by molar-refractivity contribution is 7.92. The summed E-state index contributed by atoms with van der Waals surface area (Å²) in [6.45, 7) is 3.29. The van der Waals surface area contributed by atoms with Gasteiger partial charge in [0, 0.05) is 17.6 Å². The van der Waals surface area contributed by atoms with Crippen LogP contribution in [0, 0.1) is 6.92 Å². The van der Waals surface area contributed by atoms with Gasteiger partial charge in [0.05, 0.1) is 17.7 Å². The summed E-state index contributed by atoms with van der Waals surface area (Å²) in [5.41, 5.74) is 2.18. The first-order valence-electron chi connectivity index (χ1n) is 13.7. The van der Waals surface area contributed by atoms with Crippen LogP contribution in [0.3, 0.4) is 0 Å². The van der Waals surface area contributed by atoms with Gasteiger partial charge >= 0.3 is 0 Å². The number of hydrogen-bond donors (Lipinski definition) is 1. The van der Waals surface area contributed by atoms with E-state index in [2.05, 4.69) is 5.32 Å². The lowest BCUT2D eigenvalue weighted by molar-refractivity contribution is -0.139. The van der Waals surface area contributed by atoms with Crippen molar-refractivity contribution >= 4 is 39.1 Å². The Labute approximate surface area is 247 Å². The van der Waals surface area contributed by atoms with E-state index < -0.39 is 28.5 Å². The topological polar surface area (TPSA) is 96.0 Å². The van der Waals surface area contributed by atoms with Crippen molar-refractivity contribution in [1.29, 1.82) is 0 Å². The molecule has 0 radical (unpaired) electrons. The van der Waals surface area contributed by atoms with E-state index in [0.717, 1.165) is 41.1 Å². The van der Waals surface area contributed by atoms with Crippen molar-refractivity contribution in [1.82, 2.24) is 10.2 Å². The smallest absolute Gasteiger partial charge is 0.264 e. The second-order valence-corrected chi connectivity index (χ2v) is 12.6. The zero-order valence-corrected chi connectivity index (χ0v) is 25.1. The number of anilines is 1. The lowest BCUT2D eigenvalue weighted by Crippen LogP contribution is -2.52. The maximum absolute atomic E-state index is 14.0. The molecule has 0 aromatic heterocycles. The average molecular weight is 598 g/mol. The number of hydrogen-bond acceptors (Lipinski definition) is 5. The summed E-state index contributed by atoms with van der Waals surface area (Å²) >= 11 is 6.08. The first-order chi connectivity index (χ1) is 19.6. The van der Waals surface area contributed by atoms with Gasteiger partial charge in [-0.25, -0.2) is 8.42 Å². The third kappa shape index (κ3) is 7.59. The van der Waals surface area contributed by atoms with Crippen LogP contribution < -0.4 is 14.4 Å². The van der Waals surface area contributed by atoms with Crippen molar-refractivity contribution in [3.05, 3.63) is 88.9 Å². The molecule has 0 saturated heterocycles. The number of nitrogens with one attached hydrogen (secondary N) is 1. The van der Waals surface area contributed by atoms with E-state index in [1.54, 1.807) is 43.3 Å². The highest BCUT2D eigenvalue weighted by Crippen LogP contribution is 2.27. The predicted molar refractivity (Wildman–Crippen MR) is 161 cm³/mol. The van der Waals surface area contributed by atoms with Crippen molar-refractivity contribution in [2.75, 3.05) is 18.0 Å². The molecule has 1 aliphatic carbocycles. The van der Waals surface area contributed by atoms with Crippen molar-refractivity contribution < 1.29 is 22.7 Å². The molecular formula is C31H36ClN3O5S. The molecule has 3 aromatic carbocycles. The van der Waals surface area contributed by atoms with Gasteiger partial charge in [-0.15, -0.1) is 0 Å². The molecule has 10 heteroatoms. The van der Waals surface area contributed by atoms with Crippen LogP contribution in [-0.4, -0.2) is 50.9 Å². The van der Waals surface area contributed by atoms with Crippen LogP contribution in [0.5, 0.6) is 5.75 Å². The number of benzene rings is 3. The molecule has 8 nitrogen and oxygen atoms in total. The molecule has 218 valence electrons. The number of carbonyl (C=O) groups is 2. The maximum Gasteiger partial charge on any atom is 0.264 e. The minimum absolute atomic E-state index is 0.00170. The Morgan fingerprint density at radius 2 is 1.59 bits per heavy atom. The minimum Gasteiger partial charge on any atom is -0.497 e. The second kappa shape index (κ2) is 13.4. The predicted octanol–water partition coefficient (Wildman–Crippen LogP) is 5.33. The zero-order valence-electron chi connectivity index (χ0n) is 23.5. The standard InChI is InChI=1S/C31H36ClN3O5S/c1-22-8-10-24(11-9-22)20-34(23(2)31(37)33-26-6-4-5-7-26)30(36)21-35(27-14-12-25(32)13-15-27)41(38,39)29-18-16-28(40-3)17-19-29/h8-19,23,26H,4-7,20-21H2,1-3H3,(H,33,37)/t23-/m1/s1. The Hall–Kier alpha value is -3.56. The van der Waals surface area contributed by atoms with E-state index >= 15 is 0 Å². The molecule has 4 rings (SSSR count). The van der Waals surface area contributed by atoms with E-state index in [-0.39, 0.29) is 29.1 Å². The van der Waals surface area contributed by atoms with Crippen LogP contribution in [0.4, 0.5) is 5.69 Å². The van der Waals surface area contributed by atoms with Crippen LogP contribution >= 0.6 is 11.6 Å². The summed E-state index contributed by atoms with van der Waals surface area (Å²) in [6.07, 6.45) is 3.94. The number of aryl methyl sites for hydroxylation is 1. The third-order valence-corrected chi connectivity index (χ3v) is 9.42. The van der Waals surface area contributed by atoms with Crippen LogP contribution in [0.2, 0.25) is 5.02 Å². The van der Waals surface area contributed by atoms with Crippen molar-refractivity contribution in [3.63, 3.8) is 0 Å². The van der Waals surface area contributed by atoms with Crippen LogP contribution in [0.15, 0.2) is 77.7 Å².